The highest BCUT2D eigenvalue weighted by Gasteiger charge is 2.07. The topological polar surface area (TPSA) is 53.1 Å². The summed E-state index contributed by atoms with van der Waals surface area (Å²) < 4.78 is 0. The molecule has 0 saturated heterocycles. The summed E-state index contributed by atoms with van der Waals surface area (Å²) in [5, 5.41) is 9.88. The second-order valence-corrected chi connectivity index (χ2v) is 4.37. The molecule has 1 heterocycles. The standard InChI is InChI=1S/C14H17NO2/c1-2-3-4-5-10-6-7-12-11(8-10)9-13(15-12)14(16)17/h6-9,15H,2-5H2,1H3,(H,16,17). The van der Waals surface area contributed by atoms with Crippen LogP contribution in [0.4, 0.5) is 0 Å². The number of rotatable bonds is 5. The molecule has 2 rings (SSSR count). The van der Waals surface area contributed by atoms with Gasteiger partial charge in [0.1, 0.15) is 5.69 Å². The summed E-state index contributed by atoms with van der Waals surface area (Å²) in [5.74, 6) is -0.909. The van der Waals surface area contributed by atoms with Crippen LogP contribution in [0, 0.1) is 0 Å². The van der Waals surface area contributed by atoms with Crippen LogP contribution in [-0.2, 0) is 6.42 Å². The third-order valence-corrected chi connectivity index (χ3v) is 2.98. The zero-order chi connectivity index (χ0) is 12.3. The number of benzene rings is 1. The van der Waals surface area contributed by atoms with Crippen LogP contribution >= 0.6 is 0 Å². The van der Waals surface area contributed by atoms with E-state index >= 15 is 0 Å². The molecule has 0 aliphatic heterocycles. The van der Waals surface area contributed by atoms with Gasteiger partial charge in [-0.3, -0.25) is 0 Å². The van der Waals surface area contributed by atoms with Crippen LogP contribution in [0.2, 0.25) is 0 Å². The minimum Gasteiger partial charge on any atom is -0.477 e. The van der Waals surface area contributed by atoms with E-state index in [0.717, 1.165) is 17.3 Å². The molecule has 17 heavy (non-hydrogen) atoms. The number of aromatic nitrogens is 1. The van der Waals surface area contributed by atoms with Crippen molar-refractivity contribution in [3.8, 4) is 0 Å². The molecule has 2 aromatic rings. The van der Waals surface area contributed by atoms with Crippen molar-refractivity contribution in [1.82, 2.24) is 4.98 Å². The summed E-state index contributed by atoms with van der Waals surface area (Å²) in [6.07, 6.45) is 4.72. The summed E-state index contributed by atoms with van der Waals surface area (Å²) in [4.78, 5) is 13.7. The number of hydrogen-bond donors (Lipinski definition) is 2. The number of unbranched alkanes of at least 4 members (excludes halogenated alkanes) is 2. The lowest BCUT2D eigenvalue weighted by Gasteiger charge is -2.00. The summed E-state index contributed by atoms with van der Waals surface area (Å²) in [7, 11) is 0. The summed E-state index contributed by atoms with van der Waals surface area (Å²) in [6.45, 7) is 2.19. The maximum absolute atomic E-state index is 10.8. The third-order valence-electron chi connectivity index (χ3n) is 2.98. The second-order valence-electron chi connectivity index (χ2n) is 4.37. The molecule has 0 spiro atoms. The molecular formula is C14H17NO2. The number of fused-ring (bicyclic) bond motifs is 1. The van der Waals surface area contributed by atoms with Gasteiger partial charge in [-0.2, -0.15) is 0 Å². The maximum Gasteiger partial charge on any atom is 0.352 e. The first-order chi connectivity index (χ1) is 8.20. The van der Waals surface area contributed by atoms with E-state index in [2.05, 4.69) is 24.0 Å². The van der Waals surface area contributed by atoms with Crippen LogP contribution in [0.15, 0.2) is 24.3 Å². The first kappa shape index (κ1) is 11.7. The van der Waals surface area contributed by atoms with Crippen molar-refractivity contribution in [3.63, 3.8) is 0 Å². The Morgan fingerprint density at radius 3 is 2.82 bits per heavy atom. The average Bonchev–Trinajstić information content (AvgIpc) is 2.72. The predicted molar refractivity (Wildman–Crippen MR) is 68.5 cm³/mol. The van der Waals surface area contributed by atoms with Crippen molar-refractivity contribution < 1.29 is 9.90 Å². The zero-order valence-electron chi connectivity index (χ0n) is 9.99. The largest absolute Gasteiger partial charge is 0.477 e. The van der Waals surface area contributed by atoms with E-state index in [4.69, 9.17) is 5.11 Å². The van der Waals surface area contributed by atoms with E-state index in [1.54, 1.807) is 6.07 Å². The lowest BCUT2D eigenvalue weighted by atomic mass is 10.1. The lowest BCUT2D eigenvalue weighted by Crippen LogP contribution is -1.94. The van der Waals surface area contributed by atoms with Crippen LogP contribution in [-0.4, -0.2) is 16.1 Å². The van der Waals surface area contributed by atoms with Crippen LogP contribution < -0.4 is 0 Å². The molecule has 0 aliphatic rings. The maximum atomic E-state index is 10.8. The molecule has 3 nitrogen and oxygen atoms in total. The molecule has 1 aromatic carbocycles. The number of aryl methyl sites for hydroxylation is 1. The molecule has 90 valence electrons. The third kappa shape index (κ3) is 2.67. The molecule has 0 aliphatic carbocycles. The van der Waals surface area contributed by atoms with Gasteiger partial charge >= 0.3 is 5.97 Å². The monoisotopic (exact) mass is 231 g/mol. The van der Waals surface area contributed by atoms with Gasteiger partial charge < -0.3 is 10.1 Å². The quantitative estimate of drug-likeness (QED) is 0.772. The highest BCUT2D eigenvalue weighted by Crippen LogP contribution is 2.18. The number of carbonyl (C=O) groups is 1. The Balaban J connectivity index is 2.21. The molecule has 0 amide bonds. The summed E-state index contributed by atoms with van der Waals surface area (Å²) >= 11 is 0. The molecule has 0 unspecified atom stereocenters. The number of nitrogens with one attached hydrogen (secondary N) is 1. The Hall–Kier alpha value is -1.77. The highest BCUT2D eigenvalue weighted by atomic mass is 16.4. The number of carboxylic acids is 1. The Labute approximate surface area is 100 Å². The average molecular weight is 231 g/mol. The molecule has 1 aromatic heterocycles. The Morgan fingerprint density at radius 2 is 2.12 bits per heavy atom. The smallest absolute Gasteiger partial charge is 0.352 e. The van der Waals surface area contributed by atoms with Crippen LogP contribution in [0.5, 0.6) is 0 Å². The van der Waals surface area contributed by atoms with E-state index in [0.29, 0.717) is 0 Å². The number of H-pyrrole nitrogens is 1. The highest BCUT2D eigenvalue weighted by molar-refractivity contribution is 5.93. The summed E-state index contributed by atoms with van der Waals surface area (Å²) in [6, 6.07) is 7.80. The Bertz CT molecular complexity index is 528. The van der Waals surface area contributed by atoms with Gasteiger partial charge in [0, 0.05) is 10.9 Å². The first-order valence-electron chi connectivity index (χ1n) is 6.05. The molecule has 3 heteroatoms. The van der Waals surface area contributed by atoms with E-state index in [1.807, 2.05) is 6.07 Å². The first-order valence-corrected chi connectivity index (χ1v) is 6.05. The zero-order valence-corrected chi connectivity index (χ0v) is 9.99. The fourth-order valence-corrected chi connectivity index (χ4v) is 2.03. The lowest BCUT2D eigenvalue weighted by molar-refractivity contribution is 0.0691. The van der Waals surface area contributed by atoms with Gasteiger partial charge in [-0.15, -0.1) is 0 Å². The molecule has 0 atom stereocenters. The number of carboxylic acid groups (broad SMARTS) is 1. The van der Waals surface area contributed by atoms with Gasteiger partial charge in [0.2, 0.25) is 0 Å². The normalized spacial score (nSPS) is 10.9. The fourth-order valence-electron chi connectivity index (χ4n) is 2.03. The van der Waals surface area contributed by atoms with E-state index in [1.165, 1.54) is 24.8 Å². The van der Waals surface area contributed by atoms with E-state index in [9.17, 15) is 4.79 Å². The molecule has 2 N–H and O–H groups in total. The molecule has 0 fully saturated rings. The van der Waals surface area contributed by atoms with Crippen LogP contribution in [0.25, 0.3) is 10.9 Å². The molecule has 0 radical (unpaired) electrons. The minimum atomic E-state index is -0.909. The van der Waals surface area contributed by atoms with Gasteiger partial charge in [0.15, 0.2) is 0 Å². The van der Waals surface area contributed by atoms with Crippen molar-refractivity contribution in [2.24, 2.45) is 0 Å². The van der Waals surface area contributed by atoms with Crippen molar-refractivity contribution in [1.29, 1.82) is 0 Å². The molecule has 0 saturated carbocycles. The SMILES string of the molecule is CCCCCc1ccc2[nH]c(C(=O)O)cc2c1. The van der Waals surface area contributed by atoms with Gasteiger partial charge in [-0.05, 0) is 36.6 Å². The van der Waals surface area contributed by atoms with Gasteiger partial charge in [-0.1, -0.05) is 25.8 Å². The van der Waals surface area contributed by atoms with Gasteiger partial charge in [0.25, 0.3) is 0 Å². The van der Waals surface area contributed by atoms with Crippen molar-refractivity contribution in [2.75, 3.05) is 0 Å². The van der Waals surface area contributed by atoms with E-state index < -0.39 is 5.97 Å². The van der Waals surface area contributed by atoms with Crippen LogP contribution in [0.3, 0.4) is 0 Å². The fraction of sp³-hybridized carbons (Fsp3) is 0.357. The number of aromatic amines is 1. The van der Waals surface area contributed by atoms with E-state index in [-0.39, 0.29) is 5.69 Å². The predicted octanol–water partition coefficient (Wildman–Crippen LogP) is 3.60. The summed E-state index contributed by atoms with van der Waals surface area (Å²) in [5.41, 5.74) is 2.43. The van der Waals surface area contributed by atoms with Gasteiger partial charge in [0.05, 0.1) is 0 Å². The number of aromatic carboxylic acids is 1. The Kier molecular flexibility index (Phi) is 3.47. The second kappa shape index (κ2) is 5.04. The minimum absolute atomic E-state index is 0.255. The van der Waals surface area contributed by atoms with Crippen molar-refractivity contribution in [3.05, 3.63) is 35.5 Å². The molecule has 0 bridgehead atoms. The van der Waals surface area contributed by atoms with Crippen LogP contribution in [0.1, 0.15) is 42.2 Å². The Morgan fingerprint density at radius 1 is 1.29 bits per heavy atom. The number of hydrogen-bond acceptors (Lipinski definition) is 1. The van der Waals surface area contributed by atoms with Crippen molar-refractivity contribution in [2.45, 2.75) is 32.6 Å². The molecular weight excluding hydrogens is 214 g/mol. The van der Waals surface area contributed by atoms with Gasteiger partial charge in [-0.25, -0.2) is 4.79 Å². The van der Waals surface area contributed by atoms with Crippen molar-refractivity contribution >= 4 is 16.9 Å².